The molecule has 0 atom stereocenters. The van der Waals surface area contributed by atoms with Crippen molar-refractivity contribution >= 4 is 16.9 Å². The fourth-order valence-electron chi connectivity index (χ4n) is 1.80. The number of fused-ring (bicyclic) bond motifs is 1. The standard InChI is InChI=1S/C12H15N3O/c1-7(2)11-14-10-5-9(8(3)16)6-13-12(10)15(11)4/h5-7H,1-4H3. The van der Waals surface area contributed by atoms with E-state index in [9.17, 15) is 4.79 Å². The first-order valence-corrected chi connectivity index (χ1v) is 5.34. The Morgan fingerprint density at radius 2 is 2.12 bits per heavy atom. The first kappa shape index (κ1) is 10.8. The fraction of sp³-hybridized carbons (Fsp3) is 0.417. The van der Waals surface area contributed by atoms with Gasteiger partial charge in [-0.2, -0.15) is 0 Å². The van der Waals surface area contributed by atoms with E-state index in [1.54, 1.807) is 12.3 Å². The number of Topliss-reactive ketones (excluding diaryl/α,β-unsaturated/α-hetero) is 1. The third-order valence-electron chi connectivity index (χ3n) is 2.67. The molecule has 4 heteroatoms. The van der Waals surface area contributed by atoms with Crippen molar-refractivity contribution in [2.45, 2.75) is 26.7 Å². The Kier molecular flexibility index (Phi) is 2.50. The number of pyridine rings is 1. The molecule has 0 amide bonds. The fourth-order valence-corrected chi connectivity index (χ4v) is 1.80. The zero-order valence-corrected chi connectivity index (χ0v) is 9.98. The van der Waals surface area contributed by atoms with Crippen molar-refractivity contribution in [1.29, 1.82) is 0 Å². The van der Waals surface area contributed by atoms with E-state index in [-0.39, 0.29) is 5.78 Å². The average Bonchev–Trinajstić information content (AvgIpc) is 2.55. The van der Waals surface area contributed by atoms with Crippen LogP contribution in [0.25, 0.3) is 11.2 Å². The van der Waals surface area contributed by atoms with Crippen LogP contribution in [0.15, 0.2) is 12.3 Å². The summed E-state index contributed by atoms with van der Waals surface area (Å²) in [6, 6.07) is 1.80. The van der Waals surface area contributed by atoms with Gasteiger partial charge in [-0.05, 0) is 13.0 Å². The molecule has 0 radical (unpaired) electrons. The molecule has 0 unspecified atom stereocenters. The minimum Gasteiger partial charge on any atom is -0.316 e. The van der Waals surface area contributed by atoms with Crippen LogP contribution in [0.3, 0.4) is 0 Å². The van der Waals surface area contributed by atoms with E-state index in [1.807, 2.05) is 11.6 Å². The van der Waals surface area contributed by atoms with E-state index < -0.39 is 0 Å². The third kappa shape index (κ3) is 1.60. The van der Waals surface area contributed by atoms with Gasteiger partial charge in [0.2, 0.25) is 0 Å². The molecular weight excluding hydrogens is 202 g/mol. The lowest BCUT2D eigenvalue weighted by molar-refractivity contribution is 0.101. The van der Waals surface area contributed by atoms with E-state index in [0.29, 0.717) is 11.5 Å². The Hall–Kier alpha value is -1.71. The summed E-state index contributed by atoms with van der Waals surface area (Å²) in [5.41, 5.74) is 2.23. The van der Waals surface area contributed by atoms with Crippen molar-refractivity contribution in [3.05, 3.63) is 23.7 Å². The summed E-state index contributed by atoms with van der Waals surface area (Å²) in [5, 5.41) is 0. The van der Waals surface area contributed by atoms with E-state index in [0.717, 1.165) is 17.0 Å². The lowest BCUT2D eigenvalue weighted by Gasteiger charge is -2.03. The third-order valence-corrected chi connectivity index (χ3v) is 2.67. The zero-order chi connectivity index (χ0) is 11.9. The summed E-state index contributed by atoms with van der Waals surface area (Å²) in [5.74, 6) is 1.36. The predicted molar refractivity (Wildman–Crippen MR) is 62.6 cm³/mol. The molecule has 4 nitrogen and oxygen atoms in total. The molecule has 0 aliphatic heterocycles. The number of hydrogen-bond donors (Lipinski definition) is 0. The molecule has 0 aromatic carbocycles. The number of carbonyl (C=O) groups excluding carboxylic acids is 1. The Labute approximate surface area is 94.3 Å². The van der Waals surface area contributed by atoms with E-state index in [2.05, 4.69) is 23.8 Å². The molecule has 0 spiro atoms. The predicted octanol–water partition coefficient (Wildman–Crippen LogP) is 2.29. The summed E-state index contributed by atoms with van der Waals surface area (Å²) in [4.78, 5) is 20.0. The van der Waals surface area contributed by atoms with Gasteiger partial charge in [-0.15, -0.1) is 0 Å². The molecule has 0 fully saturated rings. The largest absolute Gasteiger partial charge is 0.316 e. The Bertz CT molecular complexity index is 555. The number of carbonyl (C=O) groups is 1. The van der Waals surface area contributed by atoms with Gasteiger partial charge in [0.05, 0.1) is 0 Å². The van der Waals surface area contributed by atoms with Gasteiger partial charge in [0.15, 0.2) is 11.4 Å². The molecule has 2 aromatic rings. The van der Waals surface area contributed by atoms with E-state index >= 15 is 0 Å². The van der Waals surface area contributed by atoms with Crippen LogP contribution in [-0.2, 0) is 7.05 Å². The normalized spacial score (nSPS) is 11.3. The average molecular weight is 217 g/mol. The molecule has 0 saturated carbocycles. The number of aromatic nitrogens is 3. The number of hydrogen-bond acceptors (Lipinski definition) is 3. The number of rotatable bonds is 2. The molecule has 16 heavy (non-hydrogen) atoms. The monoisotopic (exact) mass is 217 g/mol. The minimum atomic E-state index is 0.0196. The van der Waals surface area contributed by atoms with Crippen LogP contribution in [0.2, 0.25) is 0 Å². The van der Waals surface area contributed by atoms with Crippen LogP contribution in [0, 0.1) is 0 Å². The molecule has 0 aliphatic carbocycles. The maximum absolute atomic E-state index is 11.2. The second-order valence-corrected chi connectivity index (χ2v) is 4.31. The van der Waals surface area contributed by atoms with Crippen LogP contribution in [0.5, 0.6) is 0 Å². The Morgan fingerprint density at radius 1 is 1.44 bits per heavy atom. The number of nitrogens with zero attached hydrogens (tertiary/aromatic N) is 3. The summed E-state index contributed by atoms with van der Waals surface area (Å²) >= 11 is 0. The van der Waals surface area contributed by atoms with Gasteiger partial charge in [-0.1, -0.05) is 13.8 Å². The van der Waals surface area contributed by atoms with Crippen molar-refractivity contribution < 1.29 is 4.79 Å². The zero-order valence-electron chi connectivity index (χ0n) is 9.98. The molecule has 0 saturated heterocycles. The van der Waals surface area contributed by atoms with Crippen LogP contribution < -0.4 is 0 Å². The number of ketones is 1. The minimum absolute atomic E-state index is 0.0196. The van der Waals surface area contributed by atoms with Crippen LogP contribution in [-0.4, -0.2) is 20.3 Å². The van der Waals surface area contributed by atoms with Crippen molar-refractivity contribution in [2.75, 3.05) is 0 Å². The SMILES string of the molecule is CC(=O)c1cnc2c(c1)nc(C(C)C)n2C. The van der Waals surface area contributed by atoms with Gasteiger partial charge in [0.25, 0.3) is 0 Å². The van der Waals surface area contributed by atoms with Crippen molar-refractivity contribution in [2.24, 2.45) is 7.05 Å². The molecule has 0 aliphatic rings. The Balaban J connectivity index is 2.67. The summed E-state index contributed by atoms with van der Waals surface area (Å²) in [6.07, 6.45) is 1.61. The van der Waals surface area contributed by atoms with Crippen molar-refractivity contribution in [3.63, 3.8) is 0 Å². The summed E-state index contributed by atoms with van der Waals surface area (Å²) in [7, 11) is 1.95. The molecule has 84 valence electrons. The smallest absolute Gasteiger partial charge is 0.161 e. The van der Waals surface area contributed by atoms with Crippen LogP contribution in [0.4, 0.5) is 0 Å². The van der Waals surface area contributed by atoms with Gasteiger partial charge in [-0.25, -0.2) is 9.97 Å². The molecule has 2 rings (SSSR count). The maximum atomic E-state index is 11.2. The van der Waals surface area contributed by atoms with Crippen LogP contribution in [0.1, 0.15) is 42.9 Å². The molecule has 0 N–H and O–H groups in total. The van der Waals surface area contributed by atoms with E-state index in [1.165, 1.54) is 6.92 Å². The summed E-state index contributed by atoms with van der Waals surface area (Å²) < 4.78 is 1.98. The lowest BCUT2D eigenvalue weighted by Crippen LogP contribution is -2.00. The highest BCUT2D eigenvalue weighted by Crippen LogP contribution is 2.19. The van der Waals surface area contributed by atoms with Gasteiger partial charge < -0.3 is 4.57 Å². The highest BCUT2D eigenvalue weighted by molar-refractivity contribution is 5.96. The lowest BCUT2D eigenvalue weighted by atomic mass is 10.2. The Morgan fingerprint density at radius 3 is 2.69 bits per heavy atom. The quantitative estimate of drug-likeness (QED) is 0.725. The van der Waals surface area contributed by atoms with Crippen molar-refractivity contribution in [3.8, 4) is 0 Å². The van der Waals surface area contributed by atoms with Gasteiger partial charge >= 0.3 is 0 Å². The topological polar surface area (TPSA) is 47.8 Å². The van der Waals surface area contributed by atoms with Crippen LogP contribution >= 0.6 is 0 Å². The summed E-state index contributed by atoms with van der Waals surface area (Å²) in [6.45, 7) is 5.72. The number of imidazole rings is 1. The van der Waals surface area contributed by atoms with Crippen molar-refractivity contribution in [1.82, 2.24) is 14.5 Å². The molecule has 0 bridgehead atoms. The second-order valence-electron chi connectivity index (χ2n) is 4.31. The highest BCUT2D eigenvalue weighted by Gasteiger charge is 2.12. The molecular formula is C12H15N3O. The first-order chi connectivity index (χ1) is 7.50. The first-order valence-electron chi connectivity index (χ1n) is 5.34. The molecule has 2 aromatic heterocycles. The molecule has 2 heterocycles. The van der Waals surface area contributed by atoms with Gasteiger partial charge in [-0.3, -0.25) is 4.79 Å². The van der Waals surface area contributed by atoms with Gasteiger partial charge in [0, 0.05) is 24.7 Å². The van der Waals surface area contributed by atoms with Gasteiger partial charge in [0.1, 0.15) is 11.3 Å². The highest BCUT2D eigenvalue weighted by atomic mass is 16.1. The maximum Gasteiger partial charge on any atom is 0.161 e. The van der Waals surface area contributed by atoms with E-state index in [4.69, 9.17) is 0 Å². The number of aryl methyl sites for hydroxylation is 1. The second kappa shape index (κ2) is 3.70.